The Kier molecular flexibility index (Phi) is 4.54. The predicted molar refractivity (Wildman–Crippen MR) is 87.8 cm³/mol. The van der Waals surface area contributed by atoms with Crippen LogP contribution in [0.25, 0.3) is 11.3 Å². The molecule has 0 aliphatic heterocycles. The van der Waals surface area contributed by atoms with E-state index < -0.39 is 6.36 Å². The summed E-state index contributed by atoms with van der Waals surface area (Å²) in [6.07, 6.45) is -1.41. The zero-order valence-corrected chi connectivity index (χ0v) is 13.9. The van der Waals surface area contributed by atoms with Crippen molar-refractivity contribution < 1.29 is 17.9 Å². The minimum atomic E-state index is -4.72. The van der Waals surface area contributed by atoms with E-state index in [2.05, 4.69) is 19.8 Å². The number of benzene rings is 1. The number of ether oxygens (including phenoxy) is 1. The van der Waals surface area contributed by atoms with Gasteiger partial charge in [0.1, 0.15) is 11.6 Å². The van der Waals surface area contributed by atoms with Crippen LogP contribution in [0.4, 0.5) is 13.2 Å². The Hall–Kier alpha value is -3.10. The Bertz CT molecular complexity index is 961. The van der Waals surface area contributed by atoms with Gasteiger partial charge in [0.05, 0.1) is 17.9 Å². The highest BCUT2D eigenvalue weighted by Gasteiger charge is 2.31. The molecular formula is C17H15F3N4O2. The van der Waals surface area contributed by atoms with E-state index in [1.54, 1.807) is 36.1 Å². The van der Waals surface area contributed by atoms with Crippen LogP contribution < -0.4 is 10.3 Å². The first-order valence-corrected chi connectivity index (χ1v) is 7.69. The Morgan fingerprint density at radius 1 is 1.23 bits per heavy atom. The van der Waals surface area contributed by atoms with Crippen LogP contribution in [0.1, 0.15) is 24.4 Å². The molecule has 0 spiro atoms. The van der Waals surface area contributed by atoms with Gasteiger partial charge in [0, 0.05) is 17.8 Å². The van der Waals surface area contributed by atoms with Crippen molar-refractivity contribution in [2.24, 2.45) is 0 Å². The number of nitrogens with zero attached hydrogens (tertiary/aromatic N) is 3. The van der Waals surface area contributed by atoms with Gasteiger partial charge in [0.15, 0.2) is 0 Å². The van der Waals surface area contributed by atoms with Gasteiger partial charge in [-0.2, -0.15) is 5.10 Å². The van der Waals surface area contributed by atoms with Gasteiger partial charge in [-0.3, -0.25) is 9.48 Å². The van der Waals surface area contributed by atoms with Gasteiger partial charge in [0.25, 0.3) is 5.56 Å². The molecule has 9 heteroatoms. The second kappa shape index (κ2) is 6.66. The summed E-state index contributed by atoms with van der Waals surface area (Å²) in [5.41, 5.74) is 1.67. The highest BCUT2D eigenvalue weighted by atomic mass is 19.4. The van der Waals surface area contributed by atoms with Crippen LogP contribution in [0.2, 0.25) is 0 Å². The molecule has 2 aromatic heterocycles. The van der Waals surface area contributed by atoms with Crippen molar-refractivity contribution in [1.29, 1.82) is 0 Å². The highest BCUT2D eigenvalue weighted by molar-refractivity contribution is 5.56. The van der Waals surface area contributed by atoms with E-state index in [1.807, 2.05) is 6.92 Å². The molecule has 1 N–H and O–H groups in total. The van der Waals surface area contributed by atoms with E-state index in [4.69, 9.17) is 0 Å². The lowest BCUT2D eigenvalue weighted by atomic mass is 10.1. The molecule has 0 amide bonds. The summed E-state index contributed by atoms with van der Waals surface area (Å²) < 4.78 is 42.2. The minimum Gasteiger partial charge on any atom is -0.406 e. The maximum atomic E-state index is 12.2. The Morgan fingerprint density at radius 2 is 1.92 bits per heavy atom. The zero-order chi connectivity index (χ0) is 18.9. The summed E-state index contributed by atoms with van der Waals surface area (Å²) in [5.74, 6) is 0.214. The third-order valence-corrected chi connectivity index (χ3v) is 3.75. The fourth-order valence-corrected chi connectivity index (χ4v) is 2.51. The molecule has 6 nitrogen and oxygen atoms in total. The average Bonchev–Trinajstić information content (AvgIpc) is 3.02. The molecule has 0 saturated carbocycles. The first kappa shape index (κ1) is 17.7. The van der Waals surface area contributed by atoms with Crippen molar-refractivity contribution in [3.63, 3.8) is 0 Å². The molecule has 26 heavy (non-hydrogen) atoms. The van der Waals surface area contributed by atoms with E-state index in [-0.39, 0.29) is 17.4 Å². The molecule has 1 aromatic carbocycles. The second-order valence-corrected chi connectivity index (χ2v) is 5.72. The number of H-pyrrole nitrogens is 1. The van der Waals surface area contributed by atoms with E-state index in [0.717, 1.165) is 5.56 Å². The number of aromatic nitrogens is 4. The average molecular weight is 364 g/mol. The van der Waals surface area contributed by atoms with Crippen LogP contribution in [-0.4, -0.2) is 26.1 Å². The molecule has 0 aliphatic carbocycles. The molecule has 2 heterocycles. The number of aryl methyl sites for hydroxylation is 1. The molecular weight excluding hydrogens is 349 g/mol. The smallest absolute Gasteiger partial charge is 0.406 e. The van der Waals surface area contributed by atoms with E-state index >= 15 is 0 Å². The van der Waals surface area contributed by atoms with Crippen LogP contribution in [-0.2, 0) is 0 Å². The second-order valence-electron chi connectivity index (χ2n) is 5.72. The first-order chi connectivity index (χ1) is 12.2. The lowest BCUT2D eigenvalue weighted by Gasteiger charge is -2.14. The highest BCUT2D eigenvalue weighted by Crippen LogP contribution is 2.26. The third-order valence-electron chi connectivity index (χ3n) is 3.75. The Balaban J connectivity index is 1.81. The summed E-state index contributed by atoms with van der Waals surface area (Å²) in [7, 11) is 0. The maximum absolute atomic E-state index is 12.2. The van der Waals surface area contributed by atoms with Crippen molar-refractivity contribution in [1.82, 2.24) is 19.7 Å². The summed E-state index contributed by atoms with van der Waals surface area (Å²) in [5, 5.41) is 4.26. The normalized spacial score (nSPS) is 12.8. The molecule has 0 bridgehead atoms. The van der Waals surface area contributed by atoms with Gasteiger partial charge in [-0.1, -0.05) is 12.1 Å². The molecule has 3 aromatic rings. The van der Waals surface area contributed by atoms with E-state index in [0.29, 0.717) is 17.1 Å². The molecule has 0 saturated heterocycles. The number of aromatic amines is 1. The van der Waals surface area contributed by atoms with Gasteiger partial charge in [0.2, 0.25) is 0 Å². The van der Waals surface area contributed by atoms with Crippen LogP contribution >= 0.6 is 0 Å². The van der Waals surface area contributed by atoms with Gasteiger partial charge < -0.3 is 9.72 Å². The molecule has 0 unspecified atom stereocenters. The summed E-state index contributed by atoms with van der Waals surface area (Å²) in [6.45, 7) is 3.54. The van der Waals surface area contributed by atoms with Crippen molar-refractivity contribution >= 4 is 0 Å². The van der Waals surface area contributed by atoms with Crippen LogP contribution in [0.5, 0.6) is 5.75 Å². The van der Waals surface area contributed by atoms with Crippen LogP contribution in [0.15, 0.2) is 47.5 Å². The number of hydrogen-bond donors (Lipinski definition) is 1. The van der Waals surface area contributed by atoms with E-state index in [9.17, 15) is 18.0 Å². The number of halogens is 3. The van der Waals surface area contributed by atoms with Crippen molar-refractivity contribution in [3.8, 4) is 17.0 Å². The largest absolute Gasteiger partial charge is 0.573 e. The molecule has 136 valence electrons. The monoisotopic (exact) mass is 364 g/mol. The van der Waals surface area contributed by atoms with Crippen molar-refractivity contribution in [2.45, 2.75) is 26.3 Å². The molecule has 0 aliphatic rings. The number of nitrogens with one attached hydrogen (secondary N) is 1. The maximum Gasteiger partial charge on any atom is 0.573 e. The van der Waals surface area contributed by atoms with E-state index in [1.165, 1.54) is 18.2 Å². The Morgan fingerprint density at radius 3 is 2.54 bits per heavy atom. The Labute approximate surface area is 146 Å². The van der Waals surface area contributed by atoms with Crippen molar-refractivity contribution in [3.05, 3.63) is 64.5 Å². The topological polar surface area (TPSA) is 72.8 Å². The molecule has 0 radical (unpaired) electrons. The van der Waals surface area contributed by atoms with Crippen LogP contribution in [0, 0.1) is 6.92 Å². The zero-order valence-electron chi connectivity index (χ0n) is 13.9. The fraction of sp³-hybridized carbons (Fsp3) is 0.235. The first-order valence-electron chi connectivity index (χ1n) is 7.69. The van der Waals surface area contributed by atoms with Gasteiger partial charge >= 0.3 is 6.36 Å². The van der Waals surface area contributed by atoms with Gasteiger partial charge in [-0.25, -0.2) is 4.98 Å². The lowest BCUT2D eigenvalue weighted by Crippen LogP contribution is -2.17. The van der Waals surface area contributed by atoms with Gasteiger partial charge in [-0.15, -0.1) is 13.2 Å². The predicted octanol–water partition coefficient (Wildman–Crippen LogP) is 3.45. The van der Waals surface area contributed by atoms with Crippen LogP contribution in [0.3, 0.4) is 0 Å². The number of alkyl halides is 3. The quantitative estimate of drug-likeness (QED) is 0.770. The molecule has 3 rings (SSSR count). The molecule has 1 atom stereocenters. The molecule has 0 fully saturated rings. The van der Waals surface area contributed by atoms with Crippen molar-refractivity contribution in [2.75, 3.05) is 0 Å². The lowest BCUT2D eigenvalue weighted by molar-refractivity contribution is -0.274. The summed E-state index contributed by atoms with van der Waals surface area (Å²) >= 11 is 0. The third kappa shape index (κ3) is 4.11. The minimum absolute atomic E-state index is 0.230. The number of hydrogen-bond acceptors (Lipinski definition) is 4. The fourth-order valence-electron chi connectivity index (χ4n) is 2.51. The SMILES string of the molecule is Cc1nc(-c2cnn([C@H](C)c3ccc(OC(F)(F)F)cc3)c2)cc(=O)[nH]1. The standard InChI is InChI=1S/C17H15F3N4O2/c1-10(12-3-5-14(6-4-12)26-17(18,19)20)24-9-13(8-21-24)15-7-16(25)23-11(2)22-15/h3-10H,1-2H3,(H,22,23,25)/t10-/m1/s1. The van der Waals surface area contributed by atoms with Gasteiger partial charge in [-0.05, 0) is 31.5 Å². The summed E-state index contributed by atoms with van der Waals surface area (Å²) in [4.78, 5) is 18.4. The summed E-state index contributed by atoms with van der Waals surface area (Å²) in [6, 6.07) is 6.75. The number of rotatable bonds is 4.